The van der Waals surface area contributed by atoms with Crippen LogP contribution in [-0.4, -0.2) is 17.7 Å². The lowest BCUT2D eigenvalue weighted by atomic mass is 10.2. The lowest BCUT2D eigenvalue weighted by Crippen LogP contribution is -2.29. The highest BCUT2D eigenvalue weighted by Crippen LogP contribution is 2.26. The minimum Gasteiger partial charge on any atom is -0.269 e. The molecule has 0 saturated heterocycles. The predicted octanol–water partition coefficient (Wildman–Crippen LogP) is 6.63. The van der Waals surface area contributed by atoms with Crippen LogP contribution in [0.4, 0.5) is 22.7 Å². The Balaban J connectivity index is 1.43. The van der Waals surface area contributed by atoms with E-state index in [9.17, 15) is 4.79 Å². The number of nitrogens with zero attached hydrogens (tertiary/aromatic N) is 6. The van der Waals surface area contributed by atoms with E-state index in [1.807, 2.05) is 30.3 Å². The third-order valence-corrected chi connectivity index (χ3v) is 4.59. The molecule has 0 bridgehead atoms. The van der Waals surface area contributed by atoms with E-state index in [1.54, 1.807) is 55.5 Å². The molecule has 0 fully saturated rings. The van der Waals surface area contributed by atoms with Crippen LogP contribution < -0.4 is 5.01 Å². The van der Waals surface area contributed by atoms with Crippen LogP contribution in [0, 0.1) is 0 Å². The molecule has 3 aromatic rings. The Labute approximate surface area is 178 Å². The van der Waals surface area contributed by atoms with Crippen molar-refractivity contribution >= 4 is 46.0 Å². The maximum atomic E-state index is 12.7. The Morgan fingerprint density at radius 1 is 0.800 bits per heavy atom. The molecule has 8 heteroatoms. The number of anilines is 1. The van der Waals surface area contributed by atoms with Crippen LogP contribution >= 0.6 is 11.6 Å². The molecule has 1 amide bonds. The molecule has 0 N–H and O–H groups in total. The second-order valence-electron chi connectivity index (χ2n) is 6.54. The first-order valence-electron chi connectivity index (χ1n) is 9.22. The fourth-order valence-corrected chi connectivity index (χ4v) is 2.90. The molecule has 0 spiro atoms. The zero-order chi connectivity index (χ0) is 20.9. The fraction of sp³-hybridized carbons (Fsp3) is 0.0909. The summed E-state index contributed by atoms with van der Waals surface area (Å²) in [6, 6.07) is 22.7. The van der Waals surface area contributed by atoms with E-state index in [2.05, 4.69) is 25.6 Å². The number of hydrogen-bond donors (Lipinski definition) is 0. The normalized spacial score (nSPS) is 16.6. The molecule has 30 heavy (non-hydrogen) atoms. The van der Waals surface area contributed by atoms with Crippen molar-refractivity contribution in [3.8, 4) is 0 Å². The van der Waals surface area contributed by atoms with E-state index >= 15 is 0 Å². The summed E-state index contributed by atoms with van der Waals surface area (Å²) in [5, 5.41) is 23.0. The summed E-state index contributed by atoms with van der Waals surface area (Å²) < 4.78 is 0. The number of amides is 1. The lowest BCUT2D eigenvalue weighted by molar-refractivity contribution is -0.117. The number of carbonyl (C=O) groups is 1. The molecule has 0 aliphatic carbocycles. The number of azo groups is 2. The standard InChI is InChI=1S/C22H17ClN6O/c1-15-21(22(30)29(28-15)20-13-7-16(23)8-14-20)27-26-19-11-9-18(10-12-19)25-24-17-5-3-2-4-6-17/h2-14,21H,1H3. The molecular formula is C22H17ClN6O. The van der Waals surface area contributed by atoms with Crippen molar-refractivity contribution in [2.75, 3.05) is 5.01 Å². The van der Waals surface area contributed by atoms with E-state index < -0.39 is 6.04 Å². The van der Waals surface area contributed by atoms with Gasteiger partial charge in [-0.05, 0) is 67.6 Å². The van der Waals surface area contributed by atoms with Gasteiger partial charge in [-0.1, -0.05) is 29.8 Å². The van der Waals surface area contributed by atoms with E-state index in [0.717, 1.165) is 5.69 Å². The van der Waals surface area contributed by atoms with E-state index in [0.29, 0.717) is 27.8 Å². The monoisotopic (exact) mass is 416 g/mol. The molecule has 4 rings (SSSR count). The minimum atomic E-state index is -0.752. The highest BCUT2D eigenvalue weighted by Gasteiger charge is 2.34. The summed E-state index contributed by atoms with van der Waals surface area (Å²) in [6.07, 6.45) is 0. The highest BCUT2D eigenvalue weighted by molar-refractivity contribution is 6.30. The van der Waals surface area contributed by atoms with Crippen molar-refractivity contribution in [1.29, 1.82) is 0 Å². The second kappa shape index (κ2) is 8.75. The van der Waals surface area contributed by atoms with Crippen LogP contribution in [-0.2, 0) is 4.79 Å². The maximum absolute atomic E-state index is 12.7. The number of hydrazone groups is 1. The Hall–Kier alpha value is -3.71. The Morgan fingerprint density at radius 2 is 1.37 bits per heavy atom. The summed E-state index contributed by atoms with van der Waals surface area (Å²) in [7, 11) is 0. The maximum Gasteiger partial charge on any atom is 0.280 e. The van der Waals surface area contributed by atoms with E-state index in [1.165, 1.54) is 5.01 Å². The lowest BCUT2D eigenvalue weighted by Gasteiger charge is -2.12. The summed E-state index contributed by atoms with van der Waals surface area (Å²) in [5.41, 5.74) is 3.29. The number of carbonyl (C=O) groups excluding carboxylic acids is 1. The molecule has 1 aliphatic rings. The largest absolute Gasteiger partial charge is 0.280 e. The highest BCUT2D eigenvalue weighted by atomic mass is 35.5. The summed E-state index contributed by atoms with van der Waals surface area (Å²) in [5.74, 6) is -0.258. The quantitative estimate of drug-likeness (QED) is 0.429. The molecule has 1 atom stereocenters. The fourth-order valence-electron chi connectivity index (χ4n) is 2.78. The number of hydrogen-bond acceptors (Lipinski definition) is 6. The number of rotatable bonds is 5. The first-order chi connectivity index (χ1) is 14.6. The van der Waals surface area contributed by atoms with Crippen LogP contribution in [0.15, 0.2) is 104 Å². The van der Waals surface area contributed by atoms with Gasteiger partial charge in [0, 0.05) is 5.02 Å². The van der Waals surface area contributed by atoms with Crippen LogP contribution in [0.1, 0.15) is 6.92 Å². The van der Waals surface area contributed by atoms with Crippen LogP contribution in [0.5, 0.6) is 0 Å². The van der Waals surface area contributed by atoms with Crippen LogP contribution in [0.25, 0.3) is 0 Å². The second-order valence-corrected chi connectivity index (χ2v) is 6.97. The number of halogens is 1. The molecular weight excluding hydrogens is 400 g/mol. The van der Waals surface area contributed by atoms with Crippen molar-refractivity contribution in [2.24, 2.45) is 25.6 Å². The molecule has 0 saturated carbocycles. The Morgan fingerprint density at radius 3 is 2.00 bits per heavy atom. The van der Waals surface area contributed by atoms with Gasteiger partial charge in [-0.25, -0.2) is 0 Å². The number of benzene rings is 3. The SMILES string of the molecule is CC1=NN(c2ccc(Cl)cc2)C(=O)C1N=Nc1ccc(N=Nc2ccccc2)cc1. The minimum absolute atomic E-state index is 0.258. The van der Waals surface area contributed by atoms with Gasteiger partial charge in [-0.2, -0.15) is 30.6 Å². The molecule has 0 aromatic heterocycles. The van der Waals surface area contributed by atoms with E-state index in [-0.39, 0.29) is 5.91 Å². The first-order valence-corrected chi connectivity index (χ1v) is 9.60. The summed E-state index contributed by atoms with van der Waals surface area (Å²) in [4.78, 5) is 12.7. The zero-order valence-corrected chi connectivity index (χ0v) is 16.8. The van der Waals surface area contributed by atoms with Gasteiger partial charge in [0.15, 0.2) is 6.04 Å². The van der Waals surface area contributed by atoms with Crippen molar-refractivity contribution in [3.05, 3.63) is 83.9 Å². The van der Waals surface area contributed by atoms with Gasteiger partial charge in [-0.3, -0.25) is 4.79 Å². The summed E-state index contributed by atoms with van der Waals surface area (Å²) in [6.45, 7) is 1.75. The van der Waals surface area contributed by atoms with Gasteiger partial charge in [-0.15, -0.1) is 0 Å². The Kier molecular flexibility index (Phi) is 5.72. The Bertz CT molecular complexity index is 1120. The van der Waals surface area contributed by atoms with Crippen molar-refractivity contribution in [2.45, 2.75) is 13.0 Å². The van der Waals surface area contributed by atoms with Gasteiger partial charge in [0.05, 0.1) is 28.5 Å². The third kappa shape index (κ3) is 4.47. The van der Waals surface area contributed by atoms with Crippen molar-refractivity contribution < 1.29 is 4.79 Å². The molecule has 148 valence electrons. The van der Waals surface area contributed by atoms with Gasteiger partial charge >= 0.3 is 0 Å². The third-order valence-electron chi connectivity index (χ3n) is 4.34. The van der Waals surface area contributed by atoms with E-state index in [4.69, 9.17) is 11.6 Å². The zero-order valence-electron chi connectivity index (χ0n) is 16.1. The molecule has 1 heterocycles. The average molecular weight is 417 g/mol. The van der Waals surface area contributed by atoms with Gasteiger partial charge in [0.2, 0.25) is 0 Å². The molecule has 1 unspecified atom stereocenters. The van der Waals surface area contributed by atoms with Crippen LogP contribution in [0.3, 0.4) is 0 Å². The van der Waals surface area contributed by atoms with Crippen molar-refractivity contribution in [3.63, 3.8) is 0 Å². The average Bonchev–Trinajstić information content (AvgIpc) is 3.06. The van der Waals surface area contributed by atoms with Gasteiger partial charge < -0.3 is 0 Å². The molecule has 7 nitrogen and oxygen atoms in total. The van der Waals surface area contributed by atoms with Gasteiger partial charge in [0.25, 0.3) is 5.91 Å². The molecule has 3 aromatic carbocycles. The van der Waals surface area contributed by atoms with Crippen molar-refractivity contribution in [1.82, 2.24) is 0 Å². The first kappa shape index (κ1) is 19.6. The molecule has 0 radical (unpaired) electrons. The van der Waals surface area contributed by atoms with Gasteiger partial charge in [0.1, 0.15) is 0 Å². The molecule has 1 aliphatic heterocycles. The predicted molar refractivity (Wildman–Crippen MR) is 117 cm³/mol. The topological polar surface area (TPSA) is 82.1 Å². The smallest absolute Gasteiger partial charge is 0.269 e. The summed E-state index contributed by atoms with van der Waals surface area (Å²) >= 11 is 5.91. The van der Waals surface area contributed by atoms with Crippen LogP contribution in [0.2, 0.25) is 5.02 Å².